The Bertz CT molecular complexity index is 806. The minimum absolute atomic E-state index is 0.0230. The molecule has 7 heteroatoms. The van der Waals surface area contributed by atoms with E-state index in [1.165, 1.54) is 5.56 Å². The lowest BCUT2D eigenvalue weighted by atomic mass is 10.1. The molecular weight excluding hydrogens is 370 g/mol. The summed E-state index contributed by atoms with van der Waals surface area (Å²) >= 11 is 5.88. The molecule has 0 heterocycles. The van der Waals surface area contributed by atoms with Gasteiger partial charge in [0, 0.05) is 18.1 Å². The first-order valence-corrected chi connectivity index (χ1v) is 10.6. The van der Waals surface area contributed by atoms with Crippen molar-refractivity contribution in [2.24, 2.45) is 4.99 Å². The highest BCUT2D eigenvalue weighted by Crippen LogP contribution is 2.10. The van der Waals surface area contributed by atoms with Gasteiger partial charge in [-0.2, -0.15) is 0 Å². The highest BCUT2D eigenvalue weighted by Gasteiger charge is 2.13. The summed E-state index contributed by atoms with van der Waals surface area (Å²) in [4.78, 5) is 4.69. The van der Waals surface area contributed by atoms with Gasteiger partial charge < -0.3 is 10.6 Å². The van der Waals surface area contributed by atoms with Crippen molar-refractivity contribution in [1.82, 2.24) is 10.6 Å². The van der Waals surface area contributed by atoms with Gasteiger partial charge in [-0.1, -0.05) is 41.9 Å². The zero-order valence-electron chi connectivity index (χ0n) is 14.8. The molecule has 0 saturated carbocycles. The van der Waals surface area contributed by atoms with Crippen LogP contribution in [-0.4, -0.2) is 39.8 Å². The quantitative estimate of drug-likeness (QED) is 0.534. The van der Waals surface area contributed by atoms with Crippen LogP contribution in [0.5, 0.6) is 0 Å². The predicted molar refractivity (Wildman–Crippen MR) is 108 cm³/mol. The van der Waals surface area contributed by atoms with Crippen LogP contribution in [0.3, 0.4) is 0 Å². The Hall–Kier alpha value is -2.05. The summed E-state index contributed by atoms with van der Waals surface area (Å²) < 4.78 is 24.6. The Morgan fingerprint density at radius 3 is 2.38 bits per heavy atom. The Balaban J connectivity index is 1.86. The van der Waals surface area contributed by atoms with Crippen LogP contribution in [0.4, 0.5) is 0 Å². The topological polar surface area (TPSA) is 70.6 Å². The molecule has 0 aliphatic rings. The van der Waals surface area contributed by atoms with Gasteiger partial charge >= 0.3 is 0 Å². The molecule has 140 valence electrons. The van der Waals surface area contributed by atoms with Crippen LogP contribution in [0.2, 0.25) is 5.02 Å². The average Bonchev–Trinajstić information content (AvgIpc) is 2.64. The number of aliphatic imine (C=N–C) groups is 1. The average molecular weight is 394 g/mol. The molecule has 0 amide bonds. The smallest absolute Gasteiger partial charge is 0.191 e. The molecule has 0 aromatic heterocycles. The molecule has 0 spiro atoms. The molecule has 0 bridgehead atoms. The van der Waals surface area contributed by atoms with Crippen molar-refractivity contribution in [1.29, 1.82) is 0 Å². The lowest BCUT2D eigenvalue weighted by molar-refractivity contribution is 0.596. The van der Waals surface area contributed by atoms with Gasteiger partial charge in [0.1, 0.15) is 0 Å². The predicted octanol–water partition coefficient (Wildman–Crippen LogP) is 2.91. The van der Waals surface area contributed by atoms with Crippen molar-refractivity contribution in [3.63, 3.8) is 0 Å². The van der Waals surface area contributed by atoms with E-state index in [9.17, 15) is 8.42 Å². The van der Waals surface area contributed by atoms with Crippen molar-refractivity contribution in [2.45, 2.75) is 18.2 Å². The molecule has 2 N–H and O–H groups in total. The normalized spacial score (nSPS) is 12.0. The number of halogens is 1. The lowest BCUT2D eigenvalue weighted by Crippen LogP contribution is -2.38. The molecule has 0 fully saturated rings. The Labute approximate surface area is 160 Å². The summed E-state index contributed by atoms with van der Waals surface area (Å²) in [6.45, 7) is 3.57. The van der Waals surface area contributed by atoms with Crippen molar-refractivity contribution in [3.05, 3.63) is 65.2 Å². The Kier molecular flexibility index (Phi) is 7.94. The molecule has 0 saturated heterocycles. The molecule has 5 nitrogen and oxygen atoms in total. The SMILES string of the molecule is CCNC(=NCCS(=O)(=O)c1ccccc1)NCCc1ccc(Cl)cc1. The second kappa shape index (κ2) is 10.2. The lowest BCUT2D eigenvalue weighted by Gasteiger charge is -2.11. The van der Waals surface area contributed by atoms with Crippen molar-refractivity contribution < 1.29 is 8.42 Å². The molecule has 2 rings (SSSR count). The van der Waals surface area contributed by atoms with Crippen molar-refractivity contribution in [3.8, 4) is 0 Å². The molecule has 2 aromatic carbocycles. The number of nitrogens with zero attached hydrogens (tertiary/aromatic N) is 1. The van der Waals surface area contributed by atoms with E-state index in [-0.39, 0.29) is 12.3 Å². The van der Waals surface area contributed by atoms with Gasteiger partial charge in [0.15, 0.2) is 15.8 Å². The molecule has 0 unspecified atom stereocenters. The first kappa shape index (κ1) is 20.3. The number of benzene rings is 2. The third-order valence-corrected chi connectivity index (χ3v) is 5.66. The van der Waals surface area contributed by atoms with Gasteiger partial charge in [0.2, 0.25) is 0 Å². The van der Waals surface area contributed by atoms with Gasteiger partial charge in [-0.15, -0.1) is 0 Å². The fourth-order valence-electron chi connectivity index (χ4n) is 2.34. The molecule has 0 aliphatic heterocycles. The van der Waals surface area contributed by atoms with Crippen LogP contribution in [-0.2, 0) is 16.3 Å². The zero-order valence-corrected chi connectivity index (χ0v) is 16.4. The van der Waals surface area contributed by atoms with Gasteiger partial charge in [-0.05, 0) is 43.2 Å². The minimum atomic E-state index is -3.31. The summed E-state index contributed by atoms with van der Waals surface area (Å²) in [5, 5.41) is 7.07. The van der Waals surface area contributed by atoms with E-state index in [1.54, 1.807) is 30.3 Å². The van der Waals surface area contributed by atoms with E-state index < -0.39 is 9.84 Å². The van der Waals surface area contributed by atoms with E-state index in [4.69, 9.17) is 11.6 Å². The maximum Gasteiger partial charge on any atom is 0.191 e. The van der Waals surface area contributed by atoms with E-state index in [1.807, 2.05) is 31.2 Å². The second-order valence-corrected chi connectivity index (χ2v) is 8.24. The van der Waals surface area contributed by atoms with Gasteiger partial charge in [0.05, 0.1) is 17.2 Å². The van der Waals surface area contributed by atoms with Gasteiger partial charge in [-0.3, -0.25) is 4.99 Å². The first-order chi connectivity index (χ1) is 12.5. The molecule has 2 aromatic rings. The van der Waals surface area contributed by atoms with Crippen molar-refractivity contribution >= 4 is 27.4 Å². The van der Waals surface area contributed by atoms with Crippen LogP contribution in [0.15, 0.2) is 64.5 Å². The van der Waals surface area contributed by atoms with Crippen LogP contribution < -0.4 is 10.6 Å². The molecule has 0 radical (unpaired) electrons. The summed E-state index contributed by atoms with van der Waals surface area (Å²) in [6, 6.07) is 16.2. The fraction of sp³-hybridized carbons (Fsp3) is 0.316. The number of guanidine groups is 1. The maximum absolute atomic E-state index is 12.3. The van der Waals surface area contributed by atoms with E-state index in [0.29, 0.717) is 23.9 Å². The summed E-state index contributed by atoms with van der Waals surface area (Å²) in [7, 11) is -3.31. The Morgan fingerprint density at radius 2 is 1.73 bits per heavy atom. The van der Waals surface area contributed by atoms with E-state index >= 15 is 0 Å². The van der Waals surface area contributed by atoms with Gasteiger partial charge in [-0.25, -0.2) is 8.42 Å². The van der Waals surface area contributed by atoms with Crippen LogP contribution in [0.1, 0.15) is 12.5 Å². The molecular formula is C19H24ClN3O2S. The number of rotatable bonds is 8. The van der Waals surface area contributed by atoms with Crippen LogP contribution in [0.25, 0.3) is 0 Å². The third kappa shape index (κ3) is 6.69. The standard InChI is InChI=1S/C19H24ClN3O2S/c1-2-21-19(22-13-12-16-8-10-17(20)11-9-16)23-14-15-26(24,25)18-6-4-3-5-7-18/h3-11H,2,12-15H2,1H3,(H2,21,22,23). The summed E-state index contributed by atoms with van der Waals surface area (Å²) in [5.41, 5.74) is 1.17. The summed E-state index contributed by atoms with van der Waals surface area (Å²) in [6.07, 6.45) is 0.823. The van der Waals surface area contributed by atoms with Crippen molar-refractivity contribution in [2.75, 3.05) is 25.4 Å². The third-order valence-electron chi connectivity index (χ3n) is 3.70. The molecule has 26 heavy (non-hydrogen) atoms. The van der Waals surface area contributed by atoms with Crippen LogP contribution >= 0.6 is 11.6 Å². The monoisotopic (exact) mass is 393 g/mol. The molecule has 0 atom stereocenters. The first-order valence-electron chi connectivity index (χ1n) is 8.55. The Morgan fingerprint density at radius 1 is 1.04 bits per heavy atom. The number of sulfone groups is 1. The van der Waals surface area contributed by atoms with Gasteiger partial charge in [0.25, 0.3) is 0 Å². The number of nitrogens with one attached hydrogen (secondary N) is 2. The minimum Gasteiger partial charge on any atom is -0.357 e. The largest absolute Gasteiger partial charge is 0.357 e. The summed E-state index contributed by atoms with van der Waals surface area (Å²) in [5.74, 6) is 0.592. The second-order valence-electron chi connectivity index (χ2n) is 5.70. The zero-order chi connectivity index (χ0) is 18.8. The number of hydrogen-bond acceptors (Lipinski definition) is 3. The highest BCUT2D eigenvalue weighted by atomic mass is 35.5. The maximum atomic E-state index is 12.3. The number of hydrogen-bond donors (Lipinski definition) is 2. The fourth-order valence-corrected chi connectivity index (χ4v) is 3.61. The van der Waals surface area contributed by atoms with E-state index in [2.05, 4.69) is 15.6 Å². The van der Waals surface area contributed by atoms with E-state index in [0.717, 1.165) is 11.4 Å². The molecule has 0 aliphatic carbocycles. The van der Waals surface area contributed by atoms with Crippen LogP contribution in [0, 0.1) is 0 Å². The highest BCUT2D eigenvalue weighted by molar-refractivity contribution is 7.91.